The van der Waals surface area contributed by atoms with E-state index >= 15 is 0 Å². The first kappa shape index (κ1) is 16.0. The van der Waals surface area contributed by atoms with E-state index in [0.29, 0.717) is 14.9 Å². The summed E-state index contributed by atoms with van der Waals surface area (Å²) in [5, 5.41) is 16.4. The first-order chi connectivity index (χ1) is 10.5. The summed E-state index contributed by atoms with van der Waals surface area (Å²) in [5.74, 6) is -0.437. The SMILES string of the molecule is CN(NC(=O)c1ccc[n+]([O-])c1)C(=S)Nc1ccc(Cl)cc1. The highest BCUT2D eigenvalue weighted by Crippen LogP contribution is 2.13. The number of thiocarbonyl (C=S) groups is 1. The topological polar surface area (TPSA) is 71.3 Å². The Labute approximate surface area is 137 Å². The molecule has 2 N–H and O–H groups in total. The molecule has 0 saturated carbocycles. The first-order valence-electron chi connectivity index (χ1n) is 6.26. The van der Waals surface area contributed by atoms with Gasteiger partial charge in [-0.3, -0.25) is 15.2 Å². The maximum Gasteiger partial charge on any atom is 0.275 e. The normalized spacial score (nSPS) is 9.91. The van der Waals surface area contributed by atoms with Crippen molar-refractivity contribution in [2.24, 2.45) is 0 Å². The minimum absolute atomic E-state index is 0.235. The Balaban J connectivity index is 1.96. The van der Waals surface area contributed by atoms with E-state index < -0.39 is 5.91 Å². The second-order valence-corrected chi connectivity index (χ2v) is 5.21. The van der Waals surface area contributed by atoms with Crippen LogP contribution in [0.5, 0.6) is 0 Å². The molecule has 0 bridgehead atoms. The number of hydrazine groups is 1. The quantitative estimate of drug-likeness (QED) is 0.379. The fourth-order valence-corrected chi connectivity index (χ4v) is 1.89. The van der Waals surface area contributed by atoms with Crippen LogP contribution in [0, 0.1) is 5.21 Å². The van der Waals surface area contributed by atoms with Crippen LogP contribution in [-0.4, -0.2) is 23.1 Å². The lowest BCUT2D eigenvalue weighted by Gasteiger charge is -2.21. The molecule has 2 aromatic rings. The van der Waals surface area contributed by atoms with E-state index in [2.05, 4.69) is 10.7 Å². The zero-order valence-electron chi connectivity index (χ0n) is 11.6. The van der Waals surface area contributed by atoms with E-state index in [1.807, 2.05) is 0 Å². The summed E-state index contributed by atoms with van der Waals surface area (Å²) in [6, 6.07) is 10.0. The van der Waals surface area contributed by atoms with Gasteiger partial charge in [-0.1, -0.05) is 11.6 Å². The second kappa shape index (κ2) is 7.06. The van der Waals surface area contributed by atoms with Crippen molar-refractivity contribution in [3.63, 3.8) is 0 Å². The van der Waals surface area contributed by atoms with Crippen molar-refractivity contribution in [2.45, 2.75) is 0 Å². The van der Waals surface area contributed by atoms with Crippen LogP contribution in [0.1, 0.15) is 10.4 Å². The second-order valence-electron chi connectivity index (χ2n) is 4.39. The minimum Gasteiger partial charge on any atom is -0.619 e. The van der Waals surface area contributed by atoms with Gasteiger partial charge in [-0.15, -0.1) is 0 Å². The number of carbonyl (C=O) groups is 1. The molecule has 1 aromatic carbocycles. The van der Waals surface area contributed by atoms with Gasteiger partial charge in [0.15, 0.2) is 17.5 Å². The third kappa shape index (κ3) is 4.31. The number of hydrogen-bond donors (Lipinski definition) is 2. The van der Waals surface area contributed by atoms with Gasteiger partial charge >= 0.3 is 0 Å². The van der Waals surface area contributed by atoms with Gasteiger partial charge in [0, 0.05) is 23.8 Å². The van der Waals surface area contributed by atoms with Crippen molar-refractivity contribution >= 4 is 40.5 Å². The lowest BCUT2D eigenvalue weighted by atomic mass is 10.3. The number of amides is 1. The summed E-state index contributed by atoms with van der Waals surface area (Å²) < 4.78 is 0.555. The van der Waals surface area contributed by atoms with Crippen molar-refractivity contribution in [1.82, 2.24) is 10.4 Å². The van der Waals surface area contributed by atoms with Crippen molar-refractivity contribution < 1.29 is 9.52 Å². The summed E-state index contributed by atoms with van der Waals surface area (Å²) >= 11 is 11.0. The molecule has 0 saturated heterocycles. The molecule has 0 spiro atoms. The predicted molar refractivity (Wildman–Crippen MR) is 88.3 cm³/mol. The largest absolute Gasteiger partial charge is 0.619 e. The fourth-order valence-electron chi connectivity index (χ4n) is 1.60. The monoisotopic (exact) mass is 336 g/mol. The number of benzene rings is 1. The van der Waals surface area contributed by atoms with Crippen molar-refractivity contribution in [3.05, 3.63) is 64.6 Å². The molecule has 0 radical (unpaired) electrons. The third-order valence-corrected chi connectivity index (χ3v) is 3.33. The maximum atomic E-state index is 12.0. The predicted octanol–water partition coefficient (Wildman–Crippen LogP) is 1.95. The van der Waals surface area contributed by atoms with E-state index in [0.717, 1.165) is 5.69 Å². The number of aromatic nitrogens is 1. The number of nitrogens with zero attached hydrogens (tertiary/aromatic N) is 2. The number of anilines is 1. The van der Waals surface area contributed by atoms with Gasteiger partial charge in [0.1, 0.15) is 5.56 Å². The van der Waals surface area contributed by atoms with Crippen LogP contribution in [0.15, 0.2) is 48.8 Å². The van der Waals surface area contributed by atoms with Gasteiger partial charge in [-0.05, 0) is 42.5 Å². The number of hydrogen-bond acceptors (Lipinski definition) is 3. The highest BCUT2D eigenvalue weighted by atomic mass is 35.5. The standard InChI is InChI=1S/C14H13ClN4O2S/c1-18(14(22)16-12-6-4-11(15)5-7-12)17-13(20)10-3-2-8-19(21)9-10/h2-9H,1H3,(H,16,22)(H,17,20). The van der Waals surface area contributed by atoms with Crippen LogP contribution in [0.2, 0.25) is 5.02 Å². The summed E-state index contributed by atoms with van der Waals surface area (Å²) in [5.41, 5.74) is 3.55. The molecular formula is C14H13ClN4O2S. The molecule has 6 nitrogen and oxygen atoms in total. The Kier molecular flexibility index (Phi) is 5.13. The number of rotatable bonds is 2. The van der Waals surface area contributed by atoms with Gasteiger partial charge in [0.25, 0.3) is 5.91 Å². The van der Waals surface area contributed by atoms with Crippen molar-refractivity contribution in [2.75, 3.05) is 12.4 Å². The van der Waals surface area contributed by atoms with Crippen LogP contribution in [0.3, 0.4) is 0 Å². The third-order valence-electron chi connectivity index (χ3n) is 2.71. The molecule has 1 amide bonds. The average molecular weight is 337 g/mol. The highest BCUT2D eigenvalue weighted by molar-refractivity contribution is 7.80. The lowest BCUT2D eigenvalue weighted by Crippen LogP contribution is -2.45. The number of carbonyl (C=O) groups excluding carboxylic acids is 1. The zero-order valence-corrected chi connectivity index (χ0v) is 13.2. The number of halogens is 1. The van der Waals surface area contributed by atoms with Gasteiger partial charge in [0.05, 0.1) is 0 Å². The molecule has 22 heavy (non-hydrogen) atoms. The zero-order chi connectivity index (χ0) is 16.1. The van der Waals surface area contributed by atoms with Crippen LogP contribution in [0.25, 0.3) is 0 Å². The molecule has 1 aromatic heterocycles. The van der Waals surface area contributed by atoms with E-state index in [-0.39, 0.29) is 5.56 Å². The molecule has 2 rings (SSSR count). The van der Waals surface area contributed by atoms with E-state index in [1.54, 1.807) is 31.3 Å². The Bertz CT molecular complexity index is 693. The van der Waals surface area contributed by atoms with E-state index in [1.165, 1.54) is 29.5 Å². The van der Waals surface area contributed by atoms with Crippen LogP contribution >= 0.6 is 23.8 Å². The van der Waals surface area contributed by atoms with Crippen molar-refractivity contribution in [3.8, 4) is 0 Å². The molecule has 8 heteroatoms. The Hall–Kier alpha value is -2.38. The van der Waals surface area contributed by atoms with Crippen LogP contribution < -0.4 is 15.5 Å². The highest BCUT2D eigenvalue weighted by Gasteiger charge is 2.12. The van der Waals surface area contributed by atoms with Crippen LogP contribution in [-0.2, 0) is 0 Å². The molecule has 1 heterocycles. The molecule has 0 aliphatic heterocycles. The molecule has 0 fully saturated rings. The average Bonchev–Trinajstić information content (AvgIpc) is 2.49. The molecule has 0 atom stereocenters. The molecular weight excluding hydrogens is 324 g/mol. The minimum atomic E-state index is -0.437. The van der Waals surface area contributed by atoms with Gasteiger partial charge in [-0.25, -0.2) is 0 Å². The van der Waals surface area contributed by atoms with Gasteiger partial charge in [0.2, 0.25) is 0 Å². The Morgan fingerprint density at radius 3 is 2.64 bits per heavy atom. The van der Waals surface area contributed by atoms with Crippen LogP contribution in [0.4, 0.5) is 5.69 Å². The fraction of sp³-hybridized carbons (Fsp3) is 0.0714. The first-order valence-corrected chi connectivity index (χ1v) is 7.04. The van der Waals surface area contributed by atoms with E-state index in [4.69, 9.17) is 23.8 Å². The molecule has 0 aliphatic rings. The van der Waals surface area contributed by atoms with Gasteiger partial charge < -0.3 is 10.5 Å². The molecule has 114 valence electrons. The van der Waals surface area contributed by atoms with Gasteiger partial charge in [-0.2, -0.15) is 4.73 Å². The number of pyridine rings is 1. The summed E-state index contributed by atoms with van der Waals surface area (Å²) in [4.78, 5) is 12.0. The molecule has 0 aliphatic carbocycles. The lowest BCUT2D eigenvalue weighted by molar-refractivity contribution is -0.605. The summed E-state index contributed by atoms with van der Waals surface area (Å²) in [6.45, 7) is 0. The Morgan fingerprint density at radius 1 is 1.32 bits per heavy atom. The maximum absolute atomic E-state index is 12.0. The number of nitrogens with one attached hydrogen (secondary N) is 2. The summed E-state index contributed by atoms with van der Waals surface area (Å²) in [6.07, 6.45) is 2.48. The molecule has 0 unspecified atom stereocenters. The smallest absolute Gasteiger partial charge is 0.275 e. The van der Waals surface area contributed by atoms with Crippen molar-refractivity contribution in [1.29, 1.82) is 0 Å². The summed E-state index contributed by atoms with van der Waals surface area (Å²) in [7, 11) is 1.59. The Morgan fingerprint density at radius 2 is 2.00 bits per heavy atom. The van der Waals surface area contributed by atoms with E-state index in [9.17, 15) is 10.0 Å².